The molecule has 0 radical (unpaired) electrons. The van der Waals surface area contributed by atoms with E-state index in [1.54, 1.807) is 0 Å². The summed E-state index contributed by atoms with van der Waals surface area (Å²) in [6.07, 6.45) is 0.285. The molecule has 0 aromatic heterocycles. The Labute approximate surface area is 158 Å². The highest BCUT2D eigenvalue weighted by Gasteiger charge is 2.38. The molecule has 1 fully saturated rings. The van der Waals surface area contributed by atoms with Gasteiger partial charge in [-0.15, -0.1) is 0 Å². The van der Waals surface area contributed by atoms with Crippen LogP contribution in [-0.4, -0.2) is 28.0 Å². The van der Waals surface area contributed by atoms with E-state index in [9.17, 15) is 34.1 Å². The predicted molar refractivity (Wildman–Crippen MR) is 96.3 cm³/mol. The summed E-state index contributed by atoms with van der Waals surface area (Å²) in [4.78, 5) is 23.1. The number of nitro groups is 2. The average molecular weight is 393 g/mol. The second kappa shape index (κ2) is 7.47. The van der Waals surface area contributed by atoms with Crippen LogP contribution in [0.4, 0.5) is 25.8 Å². The fourth-order valence-electron chi connectivity index (χ4n) is 3.73. The molecule has 10 heteroatoms. The highest BCUT2D eigenvalue weighted by Crippen LogP contribution is 2.45. The van der Waals surface area contributed by atoms with Crippen molar-refractivity contribution in [2.24, 2.45) is 0 Å². The molecule has 8 nitrogen and oxygen atoms in total. The van der Waals surface area contributed by atoms with Crippen LogP contribution in [0.25, 0.3) is 0 Å². The number of rotatable bonds is 5. The van der Waals surface area contributed by atoms with Gasteiger partial charge in [0.15, 0.2) is 5.69 Å². The number of hydrogen-bond acceptors (Lipinski definition) is 6. The summed E-state index contributed by atoms with van der Waals surface area (Å²) in [5, 5.41) is 32.6. The van der Waals surface area contributed by atoms with Gasteiger partial charge in [-0.1, -0.05) is 6.07 Å². The fourth-order valence-corrected chi connectivity index (χ4v) is 3.73. The molecule has 0 saturated carbocycles. The summed E-state index contributed by atoms with van der Waals surface area (Å²) in [6, 6.07) is 4.61. The van der Waals surface area contributed by atoms with Gasteiger partial charge in [0.2, 0.25) is 0 Å². The molecule has 2 aromatic carbocycles. The van der Waals surface area contributed by atoms with E-state index in [4.69, 9.17) is 0 Å². The Bertz CT molecular complexity index is 946. The smallest absolute Gasteiger partial charge is 0.302 e. The van der Waals surface area contributed by atoms with Crippen LogP contribution < -0.4 is 4.90 Å². The molecular formula is C18H17F2N3O5. The number of anilines is 1. The van der Waals surface area contributed by atoms with Crippen LogP contribution in [0, 0.1) is 38.8 Å². The molecular weight excluding hydrogens is 376 g/mol. The van der Waals surface area contributed by atoms with Crippen LogP contribution in [0.5, 0.6) is 0 Å². The molecule has 1 N–H and O–H groups in total. The molecule has 0 bridgehead atoms. The van der Waals surface area contributed by atoms with Crippen molar-refractivity contribution >= 4 is 17.1 Å². The van der Waals surface area contributed by atoms with Gasteiger partial charge < -0.3 is 10.0 Å². The van der Waals surface area contributed by atoms with Gasteiger partial charge in [-0.2, -0.15) is 0 Å². The van der Waals surface area contributed by atoms with Crippen LogP contribution in [-0.2, 0) is 6.61 Å². The highest BCUT2D eigenvalue weighted by molar-refractivity contribution is 5.79. The van der Waals surface area contributed by atoms with Crippen molar-refractivity contribution in [2.75, 3.05) is 18.0 Å². The maximum Gasteiger partial charge on any atom is 0.302 e. The number of aliphatic hydroxyl groups excluding tert-OH is 1. The lowest BCUT2D eigenvalue weighted by atomic mass is 9.97. The van der Waals surface area contributed by atoms with E-state index in [0.29, 0.717) is 0 Å². The molecule has 1 saturated heterocycles. The van der Waals surface area contributed by atoms with Crippen molar-refractivity contribution in [2.45, 2.75) is 25.9 Å². The van der Waals surface area contributed by atoms with Gasteiger partial charge in [-0.25, -0.2) is 8.78 Å². The molecule has 28 heavy (non-hydrogen) atoms. The predicted octanol–water partition coefficient (Wildman–Crippen LogP) is 3.58. The van der Waals surface area contributed by atoms with E-state index >= 15 is 0 Å². The third kappa shape index (κ3) is 3.26. The Balaban J connectivity index is 2.10. The summed E-state index contributed by atoms with van der Waals surface area (Å²) in [5.41, 5.74) is -1.13. The Kier molecular flexibility index (Phi) is 5.23. The largest absolute Gasteiger partial charge is 0.392 e. The summed E-state index contributed by atoms with van der Waals surface area (Å²) in [5.74, 6) is -2.04. The summed E-state index contributed by atoms with van der Waals surface area (Å²) < 4.78 is 28.2. The van der Waals surface area contributed by atoms with E-state index < -0.39 is 45.4 Å². The monoisotopic (exact) mass is 393 g/mol. The lowest BCUT2D eigenvalue weighted by molar-refractivity contribution is -0.393. The van der Waals surface area contributed by atoms with Crippen LogP contribution >= 0.6 is 0 Å². The van der Waals surface area contributed by atoms with Crippen molar-refractivity contribution in [1.29, 1.82) is 0 Å². The average Bonchev–Trinajstić information content (AvgIpc) is 3.09. The zero-order chi connectivity index (χ0) is 20.6. The zero-order valence-electron chi connectivity index (χ0n) is 14.9. The van der Waals surface area contributed by atoms with E-state index in [-0.39, 0.29) is 41.9 Å². The van der Waals surface area contributed by atoms with Gasteiger partial charge in [0.25, 0.3) is 5.69 Å². The number of benzene rings is 2. The molecule has 1 unspecified atom stereocenters. The van der Waals surface area contributed by atoms with Gasteiger partial charge in [0, 0.05) is 36.2 Å². The van der Waals surface area contributed by atoms with Crippen LogP contribution in [0.15, 0.2) is 24.3 Å². The van der Waals surface area contributed by atoms with E-state index in [1.165, 1.54) is 17.9 Å². The van der Waals surface area contributed by atoms with E-state index in [1.807, 2.05) is 0 Å². The maximum atomic E-state index is 14.1. The highest BCUT2D eigenvalue weighted by atomic mass is 19.1. The van der Waals surface area contributed by atoms with E-state index in [0.717, 1.165) is 18.2 Å². The first-order valence-electron chi connectivity index (χ1n) is 8.51. The molecule has 1 atom stereocenters. The summed E-state index contributed by atoms with van der Waals surface area (Å²) >= 11 is 0. The lowest BCUT2D eigenvalue weighted by Gasteiger charge is -2.20. The minimum Gasteiger partial charge on any atom is -0.392 e. The van der Waals surface area contributed by atoms with Crippen molar-refractivity contribution < 1.29 is 23.7 Å². The molecule has 0 spiro atoms. The van der Waals surface area contributed by atoms with Crippen LogP contribution in [0.2, 0.25) is 0 Å². The SMILES string of the molecule is Cc1c(CO)cc([N+](=O)[O-])c(N2CCC(c3c(F)cccc3F)C2)c1[N+](=O)[O-]. The van der Waals surface area contributed by atoms with Gasteiger partial charge in [-0.3, -0.25) is 20.2 Å². The third-order valence-electron chi connectivity index (χ3n) is 5.08. The molecule has 1 heterocycles. The molecule has 2 aromatic rings. The van der Waals surface area contributed by atoms with Crippen molar-refractivity contribution in [1.82, 2.24) is 0 Å². The standard InChI is InChI=1S/C18H17F2N3O5/c1-10-12(9-24)7-15(22(25)26)18(17(10)23(27)28)21-6-5-11(8-21)16-13(19)3-2-4-14(16)20/h2-4,7,11,24H,5-6,8-9H2,1H3. The Morgan fingerprint density at radius 3 is 2.39 bits per heavy atom. The first kappa shape index (κ1) is 19.6. The number of nitrogens with zero attached hydrogens (tertiary/aromatic N) is 3. The molecule has 0 aliphatic carbocycles. The molecule has 148 valence electrons. The van der Waals surface area contributed by atoms with Crippen molar-refractivity contribution in [3.63, 3.8) is 0 Å². The van der Waals surface area contributed by atoms with Gasteiger partial charge in [0.1, 0.15) is 11.6 Å². The van der Waals surface area contributed by atoms with Gasteiger partial charge in [-0.05, 0) is 31.0 Å². The minimum atomic E-state index is -0.752. The number of halogens is 2. The van der Waals surface area contributed by atoms with Gasteiger partial charge >= 0.3 is 5.69 Å². The second-order valence-corrected chi connectivity index (χ2v) is 6.62. The van der Waals surface area contributed by atoms with Crippen LogP contribution in [0.3, 0.4) is 0 Å². The Morgan fingerprint density at radius 2 is 1.86 bits per heavy atom. The second-order valence-electron chi connectivity index (χ2n) is 6.62. The lowest BCUT2D eigenvalue weighted by Crippen LogP contribution is -2.23. The third-order valence-corrected chi connectivity index (χ3v) is 5.08. The topological polar surface area (TPSA) is 110 Å². The maximum absolute atomic E-state index is 14.1. The fraction of sp³-hybridized carbons (Fsp3) is 0.333. The Hall–Kier alpha value is -3.14. The summed E-state index contributed by atoms with van der Waals surface area (Å²) in [7, 11) is 0. The minimum absolute atomic E-state index is 0.00253. The van der Waals surface area contributed by atoms with Gasteiger partial charge in [0.05, 0.1) is 16.5 Å². The molecule has 1 aliphatic heterocycles. The first-order valence-corrected chi connectivity index (χ1v) is 8.51. The van der Waals surface area contributed by atoms with Crippen molar-refractivity contribution in [3.05, 3.63) is 72.8 Å². The van der Waals surface area contributed by atoms with Crippen molar-refractivity contribution in [3.8, 4) is 0 Å². The summed E-state index contributed by atoms with van der Waals surface area (Å²) in [6.45, 7) is 0.979. The number of nitro benzene ring substituents is 2. The van der Waals surface area contributed by atoms with E-state index in [2.05, 4.69) is 0 Å². The first-order chi connectivity index (χ1) is 13.3. The molecule has 0 amide bonds. The zero-order valence-corrected chi connectivity index (χ0v) is 14.9. The number of aliphatic hydroxyl groups is 1. The molecule has 3 rings (SSSR count). The normalized spacial score (nSPS) is 16.4. The molecule has 1 aliphatic rings. The van der Waals surface area contributed by atoms with Crippen LogP contribution in [0.1, 0.15) is 29.0 Å². The number of hydrogen-bond donors (Lipinski definition) is 1. The quantitative estimate of drug-likeness (QED) is 0.614. The Morgan fingerprint density at radius 1 is 1.21 bits per heavy atom.